The summed E-state index contributed by atoms with van der Waals surface area (Å²) in [7, 11) is 0. The lowest BCUT2D eigenvalue weighted by molar-refractivity contribution is 0.0934. The summed E-state index contributed by atoms with van der Waals surface area (Å²) in [6.07, 6.45) is 1.87. The fourth-order valence-electron chi connectivity index (χ4n) is 3.30. The number of benzene rings is 1. The van der Waals surface area contributed by atoms with Gasteiger partial charge in [-0.1, -0.05) is 30.3 Å². The van der Waals surface area contributed by atoms with Gasteiger partial charge in [-0.3, -0.25) is 4.79 Å². The van der Waals surface area contributed by atoms with Crippen LogP contribution in [0.4, 0.5) is 5.82 Å². The van der Waals surface area contributed by atoms with E-state index in [1.165, 1.54) is 0 Å². The van der Waals surface area contributed by atoms with Crippen LogP contribution in [0.1, 0.15) is 34.7 Å². The number of nitrogens with one attached hydrogen (secondary N) is 1. The van der Waals surface area contributed by atoms with Gasteiger partial charge < -0.3 is 10.2 Å². The first-order valence-electron chi connectivity index (χ1n) is 9.17. The first kappa shape index (κ1) is 17.9. The van der Waals surface area contributed by atoms with Crippen LogP contribution in [0.3, 0.4) is 0 Å². The molecule has 7 heteroatoms. The van der Waals surface area contributed by atoms with Crippen molar-refractivity contribution in [2.75, 3.05) is 29.5 Å². The van der Waals surface area contributed by atoms with Crippen molar-refractivity contribution >= 4 is 29.0 Å². The first-order valence-corrected chi connectivity index (χ1v) is 10.3. The highest BCUT2D eigenvalue weighted by molar-refractivity contribution is 7.99. The fraction of sp³-hybridized carbons (Fsp3) is 0.350. The number of nitrogens with zero attached hydrogens (tertiary/aromatic N) is 4. The van der Waals surface area contributed by atoms with E-state index in [0.29, 0.717) is 5.69 Å². The van der Waals surface area contributed by atoms with Gasteiger partial charge in [0.25, 0.3) is 5.91 Å². The summed E-state index contributed by atoms with van der Waals surface area (Å²) in [6.45, 7) is 5.87. The monoisotopic (exact) mass is 381 g/mol. The SMILES string of the molecule is Cc1cn2nc(C(=O)NC(C)c3ccccc3)cc2c(N2CCSCC2)n1. The topological polar surface area (TPSA) is 62.5 Å². The summed E-state index contributed by atoms with van der Waals surface area (Å²) in [5.41, 5.74) is 3.25. The summed E-state index contributed by atoms with van der Waals surface area (Å²) >= 11 is 1.96. The van der Waals surface area contributed by atoms with Gasteiger partial charge in [0, 0.05) is 30.7 Å². The Labute approximate surface area is 163 Å². The number of carbonyl (C=O) groups excluding carboxylic acids is 1. The Morgan fingerprint density at radius 2 is 1.96 bits per heavy atom. The second-order valence-electron chi connectivity index (χ2n) is 6.77. The van der Waals surface area contributed by atoms with E-state index in [4.69, 9.17) is 4.98 Å². The maximum absolute atomic E-state index is 12.7. The van der Waals surface area contributed by atoms with Crippen LogP contribution in [0, 0.1) is 6.92 Å². The summed E-state index contributed by atoms with van der Waals surface area (Å²) in [5, 5.41) is 7.54. The molecule has 2 aromatic heterocycles. The first-order chi connectivity index (χ1) is 13.1. The maximum Gasteiger partial charge on any atom is 0.272 e. The number of carbonyl (C=O) groups is 1. The zero-order valence-electron chi connectivity index (χ0n) is 15.6. The molecule has 1 aromatic carbocycles. The summed E-state index contributed by atoms with van der Waals surface area (Å²) in [5.74, 6) is 2.93. The molecule has 1 amide bonds. The molecule has 0 bridgehead atoms. The van der Waals surface area contributed by atoms with E-state index < -0.39 is 0 Å². The normalized spacial score (nSPS) is 15.7. The van der Waals surface area contributed by atoms with Gasteiger partial charge in [0.05, 0.1) is 17.9 Å². The number of hydrogen-bond acceptors (Lipinski definition) is 5. The van der Waals surface area contributed by atoms with Crippen molar-refractivity contribution in [3.63, 3.8) is 0 Å². The van der Waals surface area contributed by atoms with Gasteiger partial charge in [0.1, 0.15) is 5.52 Å². The summed E-state index contributed by atoms with van der Waals surface area (Å²) in [4.78, 5) is 19.8. The molecule has 1 fully saturated rings. The predicted octanol–water partition coefficient (Wildman–Crippen LogP) is 3.08. The third kappa shape index (κ3) is 3.78. The number of hydrogen-bond donors (Lipinski definition) is 1. The van der Waals surface area contributed by atoms with Crippen LogP contribution in [-0.4, -0.2) is 45.1 Å². The molecule has 1 unspecified atom stereocenters. The van der Waals surface area contributed by atoms with Crippen LogP contribution in [0.25, 0.3) is 5.52 Å². The Morgan fingerprint density at radius 1 is 1.22 bits per heavy atom. The highest BCUT2D eigenvalue weighted by atomic mass is 32.2. The molecule has 6 nitrogen and oxygen atoms in total. The number of amides is 1. The molecular formula is C20H23N5OS. The van der Waals surface area contributed by atoms with Gasteiger partial charge in [0.15, 0.2) is 11.5 Å². The zero-order chi connectivity index (χ0) is 18.8. The van der Waals surface area contributed by atoms with Gasteiger partial charge in [0.2, 0.25) is 0 Å². The number of fused-ring (bicyclic) bond motifs is 1. The third-order valence-corrected chi connectivity index (χ3v) is 5.69. The second-order valence-corrected chi connectivity index (χ2v) is 8.00. The number of thioether (sulfide) groups is 1. The highest BCUT2D eigenvalue weighted by Gasteiger charge is 2.20. The molecule has 3 aromatic rings. The molecule has 140 valence electrons. The van der Waals surface area contributed by atoms with Crippen molar-refractivity contribution in [1.82, 2.24) is 19.9 Å². The summed E-state index contributed by atoms with van der Waals surface area (Å²) in [6, 6.07) is 11.7. The van der Waals surface area contributed by atoms with Gasteiger partial charge in [-0.25, -0.2) is 9.50 Å². The molecule has 27 heavy (non-hydrogen) atoms. The number of aromatic nitrogens is 3. The Kier molecular flexibility index (Phi) is 5.03. The zero-order valence-corrected chi connectivity index (χ0v) is 16.4. The van der Waals surface area contributed by atoms with Crippen molar-refractivity contribution in [2.24, 2.45) is 0 Å². The molecule has 0 radical (unpaired) electrons. The molecule has 1 N–H and O–H groups in total. The minimum absolute atomic E-state index is 0.0815. The van der Waals surface area contributed by atoms with Crippen LogP contribution in [-0.2, 0) is 0 Å². The standard InChI is InChI=1S/C20H23N5OS/c1-14-13-25-18(19(21-14)24-8-10-27-11-9-24)12-17(23-25)20(26)22-15(2)16-6-4-3-5-7-16/h3-7,12-13,15H,8-11H2,1-2H3,(H,22,26). The van der Waals surface area contributed by atoms with Gasteiger partial charge >= 0.3 is 0 Å². The van der Waals surface area contributed by atoms with Gasteiger partial charge in [-0.05, 0) is 19.4 Å². The van der Waals surface area contributed by atoms with Crippen LogP contribution < -0.4 is 10.2 Å². The average Bonchev–Trinajstić information content (AvgIpc) is 3.12. The number of anilines is 1. The predicted molar refractivity (Wildman–Crippen MR) is 110 cm³/mol. The lowest BCUT2D eigenvalue weighted by Gasteiger charge is -2.28. The lowest BCUT2D eigenvalue weighted by atomic mass is 10.1. The lowest BCUT2D eigenvalue weighted by Crippen LogP contribution is -2.33. The van der Waals surface area contributed by atoms with Crippen molar-refractivity contribution in [3.05, 3.63) is 59.5 Å². The van der Waals surface area contributed by atoms with Crippen LogP contribution in [0.5, 0.6) is 0 Å². The van der Waals surface area contributed by atoms with Gasteiger partial charge in [-0.15, -0.1) is 0 Å². The minimum atomic E-state index is -0.173. The number of rotatable bonds is 4. The Bertz CT molecular complexity index is 950. The van der Waals surface area contributed by atoms with E-state index in [0.717, 1.165) is 47.2 Å². The van der Waals surface area contributed by atoms with Crippen LogP contribution in [0.15, 0.2) is 42.6 Å². The van der Waals surface area contributed by atoms with E-state index in [-0.39, 0.29) is 11.9 Å². The Hall–Kier alpha value is -2.54. The van der Waals surface area contributed by atoms with Crippen molar-refractivity contribution < 1.29 is 4.79 Å². The maximum atomic E-state index is 12.7. The molecule has 1 atom stereocenters. The number of aryl methyl sites for hydroxylation is 1. The Morgan fingerprint density at radius 3 is 2.70 bits per heavy atom. The fourth-order valence-corrected chi connectivity index (χ4v) is 4.21. The molecule has 1 aliphatic heterocycles. The average molecular weight is 382 g/mol. The molecule has 0 saturated carbocycles. The largest absolute Gasteiger partial charge is 0.353 e. The van der Waals surface area contributed by atoms with Crippen molar-refractivity contribution in [1.29, 1.82) is 0 Å². The van der Waals surface area contributed by atoms with Gasteiger partial charge in [-0.2, -0.15) is 16.9 Å². The van der Waals surface area contributed by atoms with E-state index in [1.807, 2.05) is 68.2 Å². The highest BCUT2D eigenvalue weighted by Crippen LogP contribution is 2.24. The van der Waals surface area contributed by atoms with Crippen molar-refractivity contribution in [2.45, 2.75) is 19.9 Å². The summed E-state index contributed by atoms with van der Waals surface area (Å²) < 4.78 is 1.78. The van der Waals surface area contributed by atoms with Crippen LogP contribution >= 0.6 is 11.8 Å². The molecule has 0 aliphatic carbocycles. The van der Waals surface area contributed by atoms with E-state index in [9.17, 15) is 4.79 Å². The molecule has 4 rings (SSSR count). The third-order valence-electron chi connectivity index (χ3n) is 4.75. The van der Waals surface area contributed by atoms with Crippen LogP contribution in [0.2, 0.25) is 0 Å². The smallest absolute Gasteiger partial charge is 0.272 e. The minimum Gasteiger partial charge on any atom is -0.353 e. The Balaban J connectivity index is 1.62. The molecule has 1 saturated heterocycles. The van der Waals surface area contributed by atoms with E-state index in [2.05, 4.69) is 15.3 Å². The molecule has 0 spiro atoms. The molecule has 3 heterocycles. The van der Waals surface area contributed by atoms with Crippen molar-refractivity contribution in [3.8, 4) is 0 Å². The quantitative estimate of drug-likeness (QED) is 0.752. The molecule has 1 aliphatic rings. The second kappa shape index (κ2) is 7.60. The van der Waals surface area contributed by atoms with E-state index in [1.54, 1.807) is 4.52 Å². The molecular weight excluding hydrogens is 358 g/mol. The van der Waals surface area contributed by atoms with E-state index >= 15 is 0 Å².